The van der Waals surface area contributed by atoms with Crippen LogP contribution < -0.4 is 14.5 Å². The van der Waals surface area contributed by atoms with Gasteiger partial charge in [0.1, 0.15) is 6.04 Å². The number of rotatable bonds is 5. The maximum Gasteiger partial charge on any atom is 0.263 e. The van der Waals surface area contributed by atoms with Gasteiger partial charge in [0.15, 0.2) is 5.13 Å². The van der Waals surface area contributed by atoms with E-state index in [9.17, 15) is 13.2 Å². The van der Waals surface area contributed by atoms with Crippen molar-refractivity contribution < 1.29 is 16.1 Å². The van der Waals surface area contributed by atoms with Gasteiger partial charge in [0.05, 0.1) is 4.90 Å². The fourth-order valence-electron chi connectivity index (χ4n) is 4.38. The van der Waals surface area contributed by atoms with Gasteiger partial charge in [-0.3, -0.25) is 9.52 Å². The molecule has 2 aromatic carbocycles. The monoisotopic (exact) mass is 492 g/mol. The summed E-state index contributed by atoms with van der Waals surface area (Å²) < 4.78 is 27.6. The number of aromatic nitrogens is 1. The molecule has 1 saturated heterocycles. The van der Waals surface area contributed by atoms with Crippen molar-refractivity contribution in [2.45, 2.75) is 30.2 Å². The molecule has 1 N–H and O–H groups in total. The summed E-state index contributed by atoms with van der Waals surface area (Å²) in [6.07, 6.45) is 4.20. The highest BCUT2D eigenvalue weighted by molar-refractivity contribution is 7.93. The molecule has 0 spiro atoms. The highest BCUT2D eigenvalue weighted by Gasteiger charge is 2.38. The number of benzene rings is 2. The molecule has 170 valence electrons. The molecule has 10 heteroatoms. The Bertz CT molecular complexity index is 1260. The molecule has 1 fully saturated rings. The fourth-order valence-corrected chi connectivity index (χ4v) is 6.37. The first kappa shape index (κ1) is 21.2. The molecule has 1 amide bonds. The van der Waals surface area contributed by atoms with Crippen LogP contribution in [-0.4, -0.2) is 38.4 Å². The summed E-state index contributed by atoms with van der Waals surface area (Å²) in [7, 11) is -3.73. The number of hydrogen-bond donors (Lipinski definition) is 1. The third kappa shape index (κ3) is 3.96. The molecule has 1 aromatic heterocycles. The summed E-state index contributed by atoms with van der Waals surface area (Å²) in [6, 6.07) is 12.0. The number of aryl methyl sites for hydroxylation is 1. The SMILES string of the molecule is O=C1[C@@H](N2CCCc3cc(Cl)ccc32)CCN1c1ccc(S(=O)(=O)Nc2nccs2)cc1.[HH].[HH]. The summed E-state index contributed by atoms with van der Waals surface area (Å²) in [4.78, 5) is 21.3. The van der Waals surface area contributed by atoms with Crippen LogP contribution in [0, 0.1) is 0 Å². The van der Waals surface area contributed by atoms with Crippen molar-refractivity contribution in [1.82, 2.24) is 4.98 Å². The van der Waals surface area contributed by atoms with E-state index >= 15 is 0 Å². The molecule has 0 bridgehead atoms. The Balaban J connectivity index is 0.00000162. The predicted octanol–water partition coefficient (Wildman–Crippen LogP) is 4.65. The quantitative estimate of drug-likeness (QED) is 0.560. The molecule has 0 aliphatic carbocycles. The Labute approximate surface area is 198 Å². The van der Waals surface area contributed by atoms with E-state index in [-0.39, 0.29) is 19.7 Å². The van der Waals surface area contributed by atoms with Gasteiger partial charge in [0.2, 0.25) is 5.91 Å². The van der Waals surface area contributed by atoms with Gasteiger partial charge in [-0.05, 0) is 67.3 Å². The average molecular weight is 493 g/mol. The van der Waals surface area contributed by atoms with Crippen LogP contribution in [0.3, 0.4) is 0 Å². The van der Waals surface area contributed by atoms with Gasteiger partial charge in [-0.2, -0.15) is 0 Å². The minimum Gasteiger partial charge on any atom is -0.359 e. The normalized spacial score (nSPS) is 18.7. The van der Waals surface area contributed by atoms with Crippen LogP contribution in [-0.2, 0) is 21.2 Å². The molecule has 5 rings (SSSR count). The third-order valence-corrected chi connectivity index (χ3v) is 8.27. The lowest BCUT2D eigenvalue weighted by Crippen LogP contribution is -2.44. The summed E-state index contributed by atoms with van der Waals surface area (Å²) in [5.41, 5.74) is 2.95. The lowest BCUT2D eigenvalue weighted by Gasteiger charge is -2.35. The molecule has 32 heavy (non-hydrogen) atoms. The summed E-state index contributed by atoms with van der Waals surface area (Å²) >= 11 is 7.37. The third-order valence-electron chi connectivity index (χ3n) is 5.86. The van der Waals surface area contributed by atoms with Crippen LogP contribution >= 0.6 is 22.9 Å². The number of nitrogens with zero attached hydrogens (tertiary/aromatic N) is 3. The minimum absolute atomic E-state index is 0. The predicted molar refractivity (Wildman–Crippen MR) is 131 cm³/mol. The Morgan fingerprint density at radius 1 is 1.16 bits per heavy atom. The van der Waals surface area contributed by atoms with Crippen LogP contribution in [0.2, 0.25) is 5.02 Å². The van der Waals surface area contributed by atoms with Crippen LogP contribution in [0.4, 0.5) is 16.5 Å². The Morgan fingerprint density at radius 3 is 2.72 bits per heavy atom. The van der Waals surface area contributed by atoms with E-state index in [1.165, 1.54) is 35.2 Å². The van der Waals surface area contributed by atoms with Crippen molar-refractivity contribution in [2.75, 3.05) is 27.6 Å². The highest BCUT2D eigenvalue weighted by atomic mass is 35.5. The number of halogens is 1. The summed E-state index contributed by atoms with van der Waals surface area (Å²) in [6.45, 7) is 1.42. The number of hydrogen-bond acceptors (Lipinski definition) is 6. The minimum atomic E-state index is -3.73. The molecule has 0 radical (unpaired) electrons. The zero-order valence-electron chi connectivity index (χ0n) is 17.1. The Kier molecular flexibility index (Phi) is 5.56. The number of anilines is 3. The van der Waals surface area contributed by atoms with E-state index in [4.69, 9.17) is 11.6 Å². The topological polar surface area (TPSA) is 82.6 Å². The first-order valence-corrected chi connectivity index (χ1v) is 13.1. The number of thiazole rings is 1. The van der Waals surface area contributed by atoms with E-state index in [0.29, 0.717) is 28.8 Å². The number of carbonyl (C=O) groups is 1. The van der Waals surface area contributed by atoms with Crippen LogP contribution in [0.15, 0.2) is 58.9 Å². The van der Waals surface area contributed by atoms with Crippen LogP contribution in [0.5, 0.6) is 0 Å². The smallest absolute Gasteiger partial charge is 0.263 e. The number of sulfonamides is 1. The maximum atomic E-state index is 13.3. The molecule has 0 unspecified atom stereocenters. The van der Waals surface area contributed by atoms with Crippen molar-refractivity contribution in [3.8, 4) is 0 Å². The van der Waals surface area contributed by atoms with E-state index in [1.807, 2.05) is 18.2 Å². The van der Waals surface area contributed by atoms with Gasteiger partial charge >= 0.3 is 0 Å². The molecule has 7 nitrogen and oxygen atoms in total. The fraction of sp³-hybridized carbons (Fsp3) is 0.273. The molecule has 0 saturated carbocycles. The van der Waals surface area contributed by atoms with E-state index in [2.05, 4.69) is 14.6 Å². The molecule has 3 heterocycles. The number of carbonyl (C=O) groups excluding carboxylic acids is 1. The highest BCUT2D eigenvalue weighted by Crippen LogP contribution is 2.35. The van der Waals surface area contributed by atoms with Gasteiger partial charge in [0.25, 0.3) is 10.0 Å². The number of fused-ring (bicyclic) bond motifs is 1. The Morgan fingerprint density at radius 2 is 1.97 bits per heavy atom. The van der Waals surface area contributed by atoms with Crippen LogP contribution in [0.25, 0.3) is 0 Å². The lowest BCUT2D eigenvalue weighted by atomic mass is 9.99. The largest absolute Gasteiger partial charge is 0.359 e. The van der Waals surface area contributed by atoms with Gasteiger partial charge in [-0.15, -0.1) is 11.3 Å². The first-order valence-electron chi connectivity index (χ1n) is 10.3. The van der Waals surface area contributed by atoms with E-state index < -0.39 is 10.0 Å². The van der Waals surface area contributed by atoms with E-state index in [1.54, 1.807) is 22.4 Å². The second-order valence-electron chi connectivity index (χ2n) is 7.80. The van der Waals surface area contributed by atoms with Crippen LogP contribution in [0.1, 0.15) is 21.3 Å². The zero-order chi connectivity index (χ0) is 22.3. The molecular formula is C22H25ClN4O3S2. The summed E-state index contributed by atoms with van der Waals surface area (Å²) in [5, 5.41) is 2.73. The lowest BCUT2D eigenvalue weighted by molar-refractivity contribution is -0.118. The van der Waals surface area contributed by atoms with Crippen molar-refractivity contribution in [3.05, 3.63) is 64.6 Å². The standard InChI is InChI=1S/C22H21ClN4O3S2.2H2/c23-16-3-8-19-15(14-16)2-1-11-27(19)20-9-12-26(21(20)28)17-4-6-18(7-5-17)32(29,30)25-22-24-10-13-31-22;;/h3-8,10,13-14,20H,1-2,9,11-12H2,(H,24,25);2*1H/t20-;;/m0../s1. The van der Waals surface area contributed by atoms with Gasteiger partial charge < -0.3 is 9.80 Å². The number of amides is 1. The van der Waals surface area contributed by atoms with E-state index in [0.717, 1.165) is 25.1 Å². The second kappa shape index (κ2) is 8.38. The second-order valence-corrected chi connectivity index (χ2v) is 10.8. The first-order chi connectivity index (χ1) is 15.4. The van der Waals surface area contributed by atoms with Gasteiger partial charge in [0, 0.05) is 43.9 Å². The van der Waals surface area contributed by atoms with Gasteiger partial charge in [-0.25, -0.2) is 13.4 Å². The average Bonchev–Trinajstić information content (AvgIpc) is 3.42. The van der Waals surface area contributed by atoms with Crippen molar-refractivity contribution in [2.24, 2.45) is 0 Å². The van der Waals surface area contributed by atoms with Crippen molar-refractivity contribution in [3.63, 3.8) is 0 Å². The molecular weight excluding hydrogens is 468 g/mol. The molecule has 2 aliphatic heterocycles. The van der Waals surface area contributed by atoms with Crippen molar-refractivity contribution >= 4 is 55.4 Å². The molecule has 2 aliphatic rings. The van der Waals surface area contributed by atoms with Crippen molar-refractivity contribution in [1.29, 1.82) is 0 Å². The number of nitrogens with one attached hydrogen (secondary N) is 1. The summed E-state index contributed by atoms with van der Waals surface area (Å²) in [5.74, 6) is 0.0318. The maximum absolute atomic E-state index is 13.3. The molecule has 3 aromatic rings. The zero-order valence-corrected chi connectivity index (χ0v) is 19.5. The molecule has 1 atom stereocenters. The Hall–Kier alpha value is -2.62. The van der Waals surface area contributed by atoms with Gasteiger partial charge in [-0.1, -0.05) is 11.6 Å².